The normalized spacial score (nSPS) is 23.9. The highest BCUT2D eigenvalue weighted by Gasteiger charge is 2.31. The van der Waals surface area contributed by atoms with Crippen LogP contribution in [-0.4, -0.2) is 17.6 Å². The smallest absolute Gasteiger partial charge is 0.307 e. The monoisotopic (exact) mass is 301 g/mol. The van der Waals surface area contributed by atoms with E-state index in [2.05, 4.69) is 21.2 Å². The van der Waals surface area contributed by atoms with Crippen molar-refractivity contribution in [2.24, 2.45) is 5.92 Å². The molecule has 2 unspecified atom stereocenters. The van der Waals surface area contributed by atoms with Crippen LogP contribution in [0.15, 0.2) is 16.6 Å². The fourth-order valence-corrected chi connectivity index (χ4v) is 2.56. The molecule has 92 valence electrons. The highest BCUT2D eigenvalue weighted by atomic mass is 79.9. The van der Waals surface area contributed by atoms with E-state index in [1.807, 2.05) is 6.92 Å². The second-order valence-electron chi connectivity index (χ2n) is 4.35. The summed E-state index contributed by atoms with van der Waals surface area (Å²) in [5, 5.41) is 12.1. The Hall–Kier alpha value is -0.940. The van der Waals surface area contributed by atoms with Gasteiger partial charge in [-0.2, -0.15) is 0 Å². The molecule has 1 saturated heterocycles. The average Bonchev–Trinajstić information content (AvgIpc) is 2.72. The van der Waals surface area contributed by atoms with Crippen LogP contribution < -0.4 is 5.32 Å². The summed E-state index contributed by atoms with van der Waals surface area (Å²) < 4.78 is 13.7. The van der Waals surface area contributed by atoms with Gasteiger partial charge in [-0.1, -0.05) is 0 Å². The van der Waals surface area contributed by atoms with E-state index in [-0.39, 0.29) is 17.8 Å². The Morgan fingerprint density at radius 1 is 1.59 bits per heavy atom. The molecule has 0 spiro atoms. The Bertz CT molecular complexity index is 464. The van der Waals surface area contributed by atoms with Crippen molar-refractivity contribution >= 4 is 21.9 Å². The molecule has 0 saturated carbocycles. The van der Waals surface area contributed by atoms with Crippen LogP contribution in [-0.2, 0) is 4.79 Å². The lowest BCUT2D eigenvalue weighted by atomic mass is 9.96. The van der Waals surface area contributed by atoms with E-state index in [1.165, 1.54) is 6.07 Å². The second kappa shape index (κ2) is 4.74. The number of rotatable bonds is 2. The molecule has 0 bridgehead atoms. The summed E-state index contributed by atoms with van der Waals surface area (Å²) in [5.41, 5.74) is 1.80. The highest BCUT2D eigenvalue weighted by molar-refractivity contribution is 9.10. The maximum atomic E-state index is 13.3. The number of hydrogen-bond acceptors (Lipinski definition) is 2. The number of aliphatic carboxylic acids is 1. The number of aryl methyl sites for hydroxylation is 1. The Labute approximate surface area is 107 Å². The van der Waals surface area contributed by atoms with Crippen molar-refractivity contribution in [1.82, 2.24) is 5.32 Å². The summed E-state index contributed by atoms with van der Waals surface area (Å²) in [5.74, 6) is -1.43. The molecule has 1 aromatic carbocycles. The number of carbonyl (C=O) groups is 1. The van der Waals surface area contributed by atoms with Crippen LogP contribution in [0.2, 0.25) is 0 Å². The Morgan fingerprint density at radius 3 is 2.88 bits per heavy atom. The van der Waals surface area contributed by atoms with E-state index >= 15 is 0 Å². The quantitative estimate of drug-likeness (QED) is 0.883. The van der Waals surface area contributed by atoms with Crippen LogP contribution in [0, 0.1) is 18.7 Å². The molecule has 17 heavy (non-hydrogen) atoms. The molecule has 1 fully saturated rings. The molecule has 0 aromatic heterocycles. The van der Waals surface area contributed by atoms with E-state index in [0.29, 0.717) is 17.4 Å². The van der Waals surface area contributed by atoms with E-state index in [4.69, 9.17) is 5.11 Å². The zero-order valence-electron chi connectivity index (χ0n) is 9.34. The number of benzene rings is 1. The summed E-state index contributed by atoms with van der Waals surface area (Å²) >= 11 is 3.15. The van der Waals surface area contributed by atoms with Gasteiger partial charge in [0.25, 0.3) is 0 Å². The van der Waals surface area contributed by atoms with Gasteiger partial charge in [0.1, 0.15) is 5.82 Å². The van der Waals surface area contributed by atoms with Crippen LogP contribution in [0.25, 0.3) is 0 Å². The first-order chi connectivity index (χ1) is 7.99. The summed E-state index contributed by atoms with van der Waals surface area (Å²) in [4.78, 5) is 10.9. The van der Waals surface area contributed by atoms with Crippen molar-refractivity contribution in [3.8, 4) is 0 Å². The fraction of sp³-hybridized carbons (Fsp3) is 0.417. The molecule has 0 amide bonds. The van der Waals surface area contributed by atoms with E-state index < -0.39 is 5.97 Å². The number of nitrogens with one attached hydrogen (secondary N) is 1. The van der Waals surface area contributed by atoms with Gasteiger partial charge in [0, 0.05) is 12.6 Å². The van der Waals surface area contributed by atoms with Crippen LogP contribution in [0.5, 0.6) is 0 Å². The van der Waals surface area contributed by atoms with Gasteiger partial charge in [-0.05, 0) is 52.5 Å². The zero-order valence-corrected chi connectivity index (χ0v) is 10.9. The van der Waals surface area contributed by atoms with Crippen LogP contribution in [0.3, 0.4) is 0 Å². The maximum absolute atomic E-state index is 13.3. The fourth-order valence-electron chi connectivity index (χ4n) is 2.20. The van der Waals surface area contributed by atoms with Gasteiger partial charge in [0.05, 0.1) is 10.4 Å². The van der Waals surface area contributed by atoms with Gasteiger partial charge in [0.15, 0.2) is 0 Å². The van der Waals surface area contributed by atoms with Crippen LogP contribution in [0.1, 0.15) is 23.6 Å². The van der Waals surface area contributed by atoms with Crippen LogP contribution in [0.4, 0.5) is 4.39 Å². The molecule has 1 aliphatic heterocycles. The number of hydrogen-bond donors (Lipinski definition) is 2. The number of halogens is 2. The molecular weight excluding hydrogens is 289 g/mol. The van der Waals surface area contributed by atoms with Crippen LogP contribution >= 0.6 is 15.9 Å². The summed E-state index contributed by atoms with van der Waals surface area (Å²) in [6, 6.07) is 3.19. The summed E-state index contributed by atoms with van der Waals surface area (Å²) in [6.07, 6.45) is 0.550. The largest absolute Gasteiger partial charge is 0.481 e. The molecule has 5 heteroatoms. The second-order valence-corrected chi connectivity index (χ2v) is 5.21. The molecule has 3 nitrogen and oxygen atoms in total. The Morgan fingerprint density at radius 2 is 2.29 bits per heavy atom. The van der Waals surface area contributed by atoms with Crippen molar-refractivity contribution < 1.29 is 14.3 Å². The third-order valence-electron chi connectivity index (χ3n) is 3.16. The molecule has 2 atom stereocenters. The first kappa shape index (κ1) is 12.5. The molecule has 0 aliphatic carbocycles. The zero-order chi connectivity index (χ0) is 12.6. The minimum Gasteiger partial charge on any atom is -0.481 e. The lowest BCUT2D eigenvalue weighted by molar-refractivity contribution is -0.141. The molecule has 1 aliphatic rings. The third-order valence-corrected chi connectivity index (χ3v) is 3.77. The van der Waals surface area contributed by atoms with Crippen molar-refractivity contribution in [2.45, 2.75) is 19.4 Å². The molecular formula is C12H13BrFNO2. The SMILES string of the molecule is Cc1cc(F)c(Br)cc1C1CC(C(=O)O)CN1. The van der Waals surface area contributed by atoms with E-state index in [1.54, 1.807) is 6.07 Å². The van der Waals surface area contributed by atoms with Gasteiger partial charge in [-0.25, -0.2) is 4.39 Å². The first-order valence-electron chi connectivity index (χ1n) is 5.40. The van der Waals surface area contributed by atoms with E-state index in [0.717, 1.165) is 11.1 Å². The van der Waals surface area contributed by atoms with E-state index in [9.17, 15) is 9.18 Å². The van der Waals surface area contributed by atoms with Gasteiger partial charge >= 0.3 is 5.97 Å². The Kier molecular flexibility index (Phi) is 3.49. The van der Waals surface area contributed by atoms with Crippen molar-refractivity contribution in [1.29, 1.82) is 0 Å². The average molecular weight is 302 g/mol. The summed E-state index contributed by atoms with van der Waals surface area (Å²) in [7, 11) is 0. The number of carboxylic acid groups (broad SMARTS) is 1. The summed E-state index contributed by atoms with van der Waals surface area (Å²) in [6.45, 7) is 2.30. The molecule has 2 N–H and O–H groups in total. The lowest BCUT2D eigenvalue weighted by Crippen LogP contribution is -2.17. The third kappa shape index (κ3) is 2.50. The first-order valence-corrected chi connectivity index (χ1v) is 6.20. The molecule has 2 rings (SSSR count). The predicted molar refractivity (Wildman–Crippen MR) is 65.3 cm³/mol. The highest BCUT2D eigenvalue weighted by Crippen LogP contribution is 2.32. The molecule has 1 heterocycles. The minimum absolute atomic E-state index is 0.00648. The minimum atomic E-state index is -0.779. The van der Waals surface area contributed by atoms with Crippen molar-refractivity contribution in [2.75, 3.05) is 6.54 Å². The van der Waals surface area contributed by atoms with Crippen molar-refractivity contribution in [3.05, 3.63) is 33.5 Å². The lowest BCUT2D eigenvalue weighted by Gasteiger charge is -2.14. The van der Waals surface area contributed by atoms with Gasteiger partial charge in [-0.3, -0.25) is 4.79 Å². The topological polar surface area (TPSA) is 49.3 Å². The van der Waals surface area contributed by atoms with Crippen molar-refractivity contribution in [3.63, 3.8) is 0 Å². The van der Waals surface area contributed by atoms with Gasteiger partial charge < -0.3 is 10.4 Å². The van der Waals surface area contributed by atoms with Gasteiger partial charge in [0.2, 0.25) is 0 Å². The molecule has 1 aromatic rings. The standard InChI is InChI=1S/C12H13BrFNO2/c1-6-2-10(14)9(13)4-8(6)11-3-7(5-15-11)12(16)17/h2,4,7,11,15H,3,5H2,1H3,(H,16,17). The molecule has 0 radical (unpaired) electrons. The Balaban J connectivity index is 2.24. The predicted octanol–water partition coefficient (Wildman–Crippen LogP) is 2.63. The maximum Gasteiger partial charge on any atom is 0.307 e. The van der Waals surface area contributed by atoms with Gasteiger partial charge in [-0.15, -0.1) is 0 Å². The number of carboxylic acids is 1.